The van der Waals surface area contributed by atoms with Gasteiger partial charge in [0.15, 0.2) is 0 Å². The van der Waals surface area contributed by atoms with Crippen LogP contribution in [-0.2, 0) is 9.59 Å². The van der Waals surface area contributed by atoms with Crippen molar-refractivity contribution in [3.8, 4) is 5.75 Å². The van der Waals surface area contributed by atoms with Gasteiger partial charge in [0.25, 0.3) is 0 Å². The molecular weight excluding hydrogens is 358 g/mol. The van der Waals surface area contributed by atoms with E-state index >= 15 is 0 Å². The van der Waals surface area contributed by atoms with Gasteiger partial charge < -0.3 is 19.9 Å². The zero-order valence-electron chi connectivity index (χ0n) is 15.8. The molecular formula is C20H23N5O3. The monoisotopic (exact) mass is 381 g/mol. The highest BCUT2D eigenvalue weighted by atomic mass is 16.5. The van der Waals surface area contributed by atoms with Crippen molar-refractivity contribution in [1.82, 2.24) is 9.97 Å². The Hall–Kier alpha value is -3.16. The first-order chi connectivity index (χ1) is 13.6. The molecule has 1 N–H and O–H groups in total. The van der Waals surface area contributed by atoms with E-state index in [0.29, 0.717) is 23.9 Å². The maximum Gasteiger partial charge on any atom is 0.229 e. The Balaban J connectivity index is 1.39. The number of methoxy groups -OCH3 is 1. The molecule has 0 spiro atoms. The van der Waals surface area contributed by atoms with Crippen LogP contribution in [-0.4, -0.2) is 48.5 Å². The lowest BCUT2D eigenvalue weighted by molar-refractivity contribution is -0.122. The molecule has 2 amide bonds. The summed E-state index contributed by atoms with van der Waals surface area (Å²) >= 11 is 0. The van der Waals surface area contributed by atoms with E-state index in [1.807, 2.05) is 18.2 Å². The largest absolute Gasteiger partial charge is 0.497 e. The zero-order valence-corrected chi connectivity index (χ0v) is 15.8. The number of ether oxygens (including phenoxy) is 1. The first kappa shape index (κ1) is 18.2. The van der Waals surface area contributed by atoms with Crippen LogP contribution in [0.25, 0.3) is 0 Å². The van der Waals surface area contributed by atoms with E-state index in [2.05, 4.69) is 20.2 Å². The molecule has 2 aliphatic heterocycles. The van der Waals surface area contributed by atoms with E-state index in [-0.39, 0.29) is 18.2 Å². The maximum absolute atomic E-state index is 12.6. The molecule has 1 aromatic heterocycles. The van der Waals surface area contributed by atoms with Crippen LogP contribution in [0.4, 0.5) is 17.3 Å². The number of nitrogens with one attached hydrogen (secondary N) is 1. The van der Waals surface area contributed by atoms with Crippen molar-refractivity contribution >= 4 is 29.1 Å². The van der Waals surface area contributed by atoms with Gasteiger partial charge in [-0.2, -0.15) is 0 Å². The third kappa shape index (κ3) is 3.76. The van der Waals surface area contributed by atoms with Crippen molar-refractivity contribution < 1.29 is 14.3 Å². The minimum atomic E-state index is -0.419. The quantitative estimate of drug-likeness (QED) is 0.853. The van der Waals surface area contributed by atoms with E-state index < -0.39 is 5.92 Å². The first-order valence-electron chi connectivity index (χ1n) is 9.46. The van der Waals surface area contributed by atoms with Crippen LogP contribution in [0.5, 0.6) is 5.75 Å². The van der Waals surface area contributed by atoms with E-state index in [1.165, 1.54) is 0 Å². The standard InChI is InChI=1S/C20H23N5O3/c1-28-17-6-4-5-16(10-17)25-13-14(9-18(25)26)19(27)23-15-11-21-20(22-12-15)24-7-2-3-8-24/h4-6,10-12,14H,2-3,7-9,13H2,1H3,(H,23,27). The molecule has 0 saturated carbocycles. The van der Waals surface area contributed by atoms with Crippen LogP contribution in [0.1, 0.15) is 19.3 Å². The number of hydrogen-bond donors (Lipinski definition) is 1. The van der Waals surface area contributed by atoms with Gasteiger partial charge in [-0.05, 0) is 25.0 Å². The smallest absolute Gasteiger partial charge is 0.229 e. The third-order valence-corrected chi connectivity index (χ3v) is 5.16. The second-order valence-electron chi connectivity index (χ2n) is 7.06. The number of carbonyl (C=O) groups is 2. The number of nitrogens with zero attached hydrogens (tertiary/aromatic N) is 4. The van der Waals surface area contributed by atoms with Crippen LogP contribution in [0.2, 0.25) is 0 Å². The molecule has 1 atom stereocenters. The van der Waals surface area contributed by atoms with Crippen molar-refractivity contribution in [1.29, 1.82) is 0 Å². The van der Waals surface area contributed by atoms with Gasteiger partial charge in [0.2, 0.25) is 17.8 Å². The van der Waals surface area contributed by atoms with E-state index in [1.54, 1.807) is 30.5 Å². The molecule has 1 aromatic carbocycles. The van der Waals surface area contributed by atoms with Crippen LogP contribution in [0.15, 0.2) is 36.7 Å². The molecule has 3 heterocycles. The number of benzene rings is 1. The van der Waals surface area contributed by atoms with Gasteiger partial charge in [-0.3, -0.25) is 9.59 Å². The summed E-state index contributed by atoms with van der Waals surface area (Å²) in [6.07, 6.45) is 5.72. The van der Waals surface area contributed by atoms with Gasteiger partial charge in [0.05, 0.1) is 31.1 Å². The third-order valence-electron chi connectivity index (χ3n) is 5.16. The predicted molar refractivity (Wildman–Crippen MR) is 106 cm³/mol. The molecule has 2 saturated heterocycles. The maximum atomic E-state index is 12.6. The minimum absolute atomic E-state index is 0.0750. The van der Waals surface area contributed by atoms with Crippen LogP contribution in [0, 0.1) is 5.92 Å². The Kier molecular flexibility index (Phi) is 5.10. The van der Waals surface area contributed by atoms with Crippen molar-refractivity contribution in [2.24, 2.45) is 5.92 Å². The first-order valence-corrected chi connectivity index (χ1v) is 9.46. The summed E-state index contributed by atoms with van der Waals surface area (Å²) in [4.78, 5) is 37.5. The summed E-state index contributed by atoms with van der Waals surface area (Å²) in [5.41, 5.74) is 1.28. The van der Waals surface area contributed by atoms with Crippen LogP contribution >= 0.6 is 0 Å². The normalized spacial score (nSPS) is 19.2. The highest BCUT2D eigenvalue weighted by Gasteiger charge is 2.35. The van der Waals surface area contributed by atoms with E-state index in [4.69, 9.17) is 4.74 Å². The molecule has 8 heteroatoms. The molecule has 1 unspecified atom stereocenters. The van der Waals surface area contributed by atoms with Crippen molar-refractivity contribution in [3.63, 3.8) is 0 Å². The number of carbonyl (C=O) groups excluding carboxylic acids is 2. The number of amides is 2. The van der Waals surface area contributed by atoms with Gasteiger partial charge >= 0.3 is 0 Å². The average molecular weight is 381 g/mol. The van der Waals surface area contributed by atoms with Gasteiger partial charge in [0.1, 0.15) is 5.75 Å². The summed E-state index contributed by atoms with van der Waals surface area (Å²) in [7, 11) is 1.58. The van der Waals surface area contributed by atoms with Crippen LogP contribution < -0.4 is 19.9 Å². The number of aromatic nitrogens is 2. The second kappa shape index (κ2) is 7.84. The van der Waals surface area contributed by atoms with Crippen LogP contribution in [0.3, 0.4) is 0 Å². The van der Waals surface area contributed by atoms with Gasteiger partial charge in [-0.25, -0.2) is 9.97 Å². The average Bonchev–Trinajstić information content (AvgIpc) is 3.39. The molecule has 28 heavy (non-hydrogen) atoms. The Morgan fingerprint density at radius 3 is 2.68 bits per heavy atom. The topological polar surface area (TPSA) is 87.7 Å². The molecule has 2 aromatic rings. The fraction of sp³-hybridized carbons (Fsp3) is 0.400. The molecule has 8 nitrogen and oxygen atoms in total. The fourth-order valence-corrected chi connectivity index (χ4v) is 3.62. The lowest BCUT2D eigenvalue weighted by Crippen LogP contribution is -2.28. The SMILES string of the molecule is COc1cccc(N2CC(C(=O)Nc3cnc(N4CCCC4)nc3)CC2=O)c1. The second-order valence-corrected chi connectivity index (χ2v) is 7.06. The summed E-state index contributed by atoms with van der Waals surface area (Å²) < 4.78 is 5.21. The Morgan fingerprint density at radius 2 is 1.96 bits per heavy atom. The van der Waals surface area contributed by atoms with Gasteiger partial charge in [0, 0.05) is 37.8 Å². The molecule has 0 aliphatic carbocycles. The Morgan fingerprint density at radius 1 is 1.21 bits per heavy atom. The highest BCUT2D eigenvalue weighted by Crippen LogP contribution is 2.28. The van der Waals surface area contributed by atoms with E-state index in [0.717, 1.165) is 31.6 Å². The van der Waals surface area contributed by atoms with Crippen molar-refractivity contribution in [2.75, 3.05) is 41.9 Å². The van der Waals surface area contributed by atoms with Gasteiger partial charge in [-0.15, -0.1) is 0 Å². The summed E-state index contributed by atoms with van der Waals surface area (Å²) in [5, 5.41) is 2.83. The Bertz CT molecular complexity index is 864. The number of hydrogen-bond acceptors (Lipinski definition) is 6. The molecule has 4 rings (SSSR count). The summed E-state index contributed by atoms with van der Waals surface area (Å²) in [6.45, 7) is 2.27. The summed E-state index contributed by atoms with van der Waals surface area (Å²) in [5.74, 6) is 0.673. The zero-order chi connectivity index (χ0) is 19.5. The molecule has 2 fully saturated rings. The Labute approximate surface area is 163 Å². The predicted octanol–water partition coefficient (Wildman–Crippen LogP) is 2.08. The number of anilines is 3. The lowest BCUT2D eigenvalue weighted by Gasteiger charge is -2.17. The lowest BCUT2D eigenvalue weighted by atomic mass is 10.1. The molecule has 2 aliphatic rings. The molecule has 0 bridgehead atoms. The summed E-state index contributed by atoms with van der Waals surface area (Å²) in [6, 6.07) is 7.28. The van der Waals surface area contributed by atoms with Crippen molar-refractivity contribution in [2.45, 2.75) is 19.3 Å². The molecule has 0 radical (unpaired) electrons. The highest BCUT2D eigenvalue weighted by molar-refractivity contribution is 6.03. The fourth-order valence-electron chi connectivity index (χ4n) is 3.62. The minimum Gasteiger partial charge on any atom is -0.497 e. The van der Waals surface area contributed by atoms with E-state index in [9.17, 15) is 9.59 Å². The van der Waals surface area contributed by atoms with Crippen molar-refractivity contribution in [3.05, 3.63) is 36.7 Å². The molecule has 146 valence electrons. The number of rotatable bonds is 5. The van der Waals surface area contributed by atoms with Gasteiger partial charge in [-0.1, -0.05) is 6.07 Å².